The average molecular weight is 323 g/mol. The fourth-order valence-electron chi connectivity index (χ4n) is 1.22. The Hall–Kier alpha value is -0.860. The summed E-state index contributed by atoms with van der Waals surface area (Å²) < 4.78 is 29.3. The zero-order valence-electron chi connectivity index (χ0n) is 9.00. The standard InChI is InChI=1S/C9H13BrN3O3S/c1-2-16-9-8(5-7(10)6-12-9)13(4-3-11)17(14)15/h5-6,17H,1-4,11H2. The summed E-state index contributed by atoms with van der Waals surface area (Å²) in [6.07, 6.45) is 1.52. The molecule has 1 heterocycles. The van der Waals surface area contributed by atoms with E-state index in [1.54, 1.807) is 6.07 Å². The molecule has 0 aliphatic rings. The molecule has 0 saturated carbocycles. The maximum absolute atomic E-state index is 11.2. The molecule has 0 amide bonds. The van der Waals surface area contributed by atoms with Crippen LogP contribution in [0.5, 0.6) is 5.88 Å². The highest BCUT2D eigenvalue weighted by atomic mass is 79.9. The summed E-state index contributed by atoms with van der Waals surface area (Å²) >= 11 is 3.23. The summed E-state index contributed by atoms with van der Waals surface area (Å²) in [5.74, 6) is 0.218. The highest BCUT2D eigenvalue weighted by Gasteiger charge is 2.15. The molecule has 8 heteroatoms. The molecule has 0 aliphatic carbocycles. The van der Waals surface area contributed by atoms with E-state index in [2.05, 4.69) is 27.8 Å². The molecule has 1 aromatic rings. The Labute approximate surface area is 110 Å². The molecule has 17 heavy (non-hydrogen) atoms. The summed E-state index contributed by atoms with van der Waals surface area (Å²) in [5.41, 5.74) is 5.72. The first-order chi connectivity index (χ1) is 8.10. The van der Waals surface area contributed by atoms with Gasteiger partial charge in [0.15, 0.2) is 0 Å². The number of nitrogens with zero attached hydrogens (tertiary/aromatic N) is 2. The fraction of sp³-hybridized carbons (Fsp3) is 0.333. The van der Waals surface area contributed by atoms with Crippen molar-refractivity contribution in [3.05, 3.63) is 23.7 Å². The van der Waals surface area contributed by atoms with Crippen molar-refractivity contribution in [1.29, 1.82) is 0 Å². The SMILES string of the molecule is [CH2]COc1ncc(Br)cc1N(CCN)[SH](=O)=O. The van der Waals surface area contributed by atoms with Crippen molar-refractivity contribution in [3.8, 4) is 5.88 Å². The van der Waals surface area contributed by atoms with Crippen LogP contribution >= 0.6 is 15.9 Å². The summed E-state index contributed by atoms with van der Waals surface area (Å²) in [6.45, 7) is 4.07. The van der Waals surface area contributed by atoms with Gasteiger partial charge in [0.05, 0.1) is 6.61 Å². The summed E-state index contributed by atoms with van der Waals surface area (Å²) in [4.78, 5) is 3.99. The van der Waals surface area contributed by atoms with Crippen molar-refractivity contribution in [3.63, 3.8) is 0 Å². The highest BCUT2D eigenvalue weighted by Crippen LogP contribution is 2.29. The molecule has 1 aromatic heterocycles. The molecule has 0 aromatic carbocycles. The first kappa shape index (κ1) is 14.2. The van der Waals surface area contributed by atoms with Crippen molar-refractivity contribution in [2.24, 2.45) is 5.73 Å². The predicted molar refractivity (Wildman–Crippen MR) is 69.5 cm³/mol. The third-order valence-corrected chi connectivity index (χ3v) is 3.10. The van der Waals surface area contributed by atoms with Crippen molar-refractivity contribution >= 4 is 32.5 Å². The molecule has 0 aliphatic heterocycles. The minimum Gasteiger partial charge on any atom is -0.476 e. The van der Waals surface area contributed by atoms with Crippen LogP contribution in [-0.2, 0) is 10.9 Å². The first-order valence-corrected chi connectivity index (χ1v) is 6.72. The van der Waals surface area contributed by atoms with Crippen LogP contribution in [-0.4, -0.2) is 33.1 Å². The molecular formula is C9H13BrN3O3S. The molecule has 2 N–H and O–H groups in total. The summed E-state index contributed by atoms with van der Waals surface area (Å²) in [6, 6.07) is 1.61. The molecule has 0 spiro atoms. The minimum atomic E-state index is -2.79. The number of hydrogen-bond acceptors (Lipinski definition) is 5. The minimum absolute atomic E-state index is 0.160. The quantitative estimate of drug-likeness (QED) is 0.738. The topological polar surface area (TPSA) is 85.5 Å². The van der Waals surface area contributed by atoms with Gasteiger partial charge in [0, 0.05) is 23.8 Å². The third-order valence-electron chi connectivity index (χ3n) is 1.85. The maximum Gasteiger partial charge on any atom is 0.238 e. The Bertz CT molecular complexity index is 445. The molecule has 1 radical (unpaired) electrons. The second-order valence-corrected chi connectivity index (χ2v) is 4.85. The Morgan fingerprint density at radius 3 is 2.82 bits per heavy atom. The number of aromatic nitrogens is 1. The van der Waals surface area contributed by atoms with E-state index in [0.29, 0.717) is 10.2 Å². The molecule has 1 rings (SSSR count). The molecule has 6 nitrogen and oxygen atoms in total. The van der Waals surface area contributed by atoms with Gasteiger partial charge in [-0.25, -0.2) is 13.4 Å². The van der Waals surface area contributed by atoms with E-state index >= 15 is 0 Å². The third kappa shape index (κ3) is 3.83. The van der Waals surface area contributed by atoms with E-state index in [9.17, 15) is 8.42 Å². The van der Waals surface area contributed by atoms with Crippen LogP contribution < -0.4 is 14.8 Å². The van der Waals surface area contributed by atoms with E-state index in [-0.39, 0.29) is 25.6 Å². The van der Waals surface area contributed by atoms with Gasteiger partial charge >= 0.3 is 0 Å². The Kier molecular flexibility index (Phi) is 5.66. The van der Waals surface area contributed by atoms with E-state index in [1.807, 2.05) is 0 Å². The van der Waals surface area contributed by atoms with E-state index in [4.69, 9.17) is 10.5 Å². The Morgan fingerprint density at radius 2 is 2.29 bits per heavy atom. The second-order valence-electron chi connectivity index (χ2n) is 2.98. The van der Waals surface area contributed by atoms with Crippen LogP contribution in [0.3, 0.4) is 0 Å². The number of halogens is 1. The molecule has 0 fully saturated rings. The van der Waals surface area contributed by atoms with Gasteiger partial charge in [-0.3, -0.25) is 4.31 Å². The van der Waals surface area contributed by atoms with Gasteiger partial charge in [-0.15, -0.1) is 0 Å². The number of nitrogens with two attached hydrogens (primary N) is 1. The van der Waals surface area contributed by atoms with Crippen LogP contribution in [0.2, 0.25) is 0 Å². The molecule has 0 bridgehead atoms. The van der Waals surface area contributed by atoms with Gasteiger partial charge in [0.25, 0.3) is 0 Å². The number of rotatable bonds is 6. The van der Waals surface area contributed by atoms with Gasteiger partial charge < -0.3 is 10.5 Å². The van der Waals surface area contributed by atoms with Crippen molar-refractivity contribution in [2.45, 2.75) is 0 Å². The van der Waals surface area contributed by atoms with E-state index in [1.165, 1.54) is 6.20 Å². The van der Waals surface area contributed by atoms with Crippen molar-refractivity contribution < 1.29 is 13.2 Å². The smallest absolute Gasteiger partial charge is 0.238 e. The van der Waals surface area contributed by atoms with Crippen molar-refractivity contribution in [1.82, 2.24) is 4.98 Å². The summed E-state index contributed by atoms with van der Waals surface area (Å²) in [7, 11) is -2.79. The van der Waals surface area contributed by atoms with Crippen LogP contribution in [0.25, 0.3) is 0 Å². The van der Waals surface area contributed by atoms with Gasteiger partial charge in [-0.05, 0) is 28.9 Å². The summed E-state index contributed by atoms with van der Waals surface area (Å²) in [5, 5.41) is 0. The molecule has 0 unspecified atom stereocenters. The maximum atomic E-state index is 11.2. The lowest BCUT2D eigenvalue weighted by Gasteiger charge is -2.19. The van der Waals surface area contributed by atoms with Crippen LogP contribution in [0.4, 0.5) is 5.69 Å². The molecule has 95 valence electrons. The van der Waals surface area contributed by atoms with Crippen LogP contribution in [0.1, 0.15) is 0 Å². The zero-order chi connectivity index (χ0) is 12.8. The Morgan fingerprint density at radius 1 is 1.59 bits per heavy atom. The van der Waals surface area contributed by atoms with Crippen LogP contribution in [0.15, 0.2) is 16.7 Å². The lowest BCUT2D eigenvalue weighted by molar-refractivity contribution is 0.347. The number of ether oxygens (including phenoxy) is 1. The average Bonchev–Trinajstić information content (AvgIpc) is 2.28. The van der Waals surface area contributed by atoms with Gasteiger partial charge in [-0.1, -0.05) is 0 Å². The van der Waals surface area contributed by atoms with Crippen LogP contribution in [0, 0.1) is 6.92 Å². The number of pyridine rings is 1. The predicted octanol–water partition coefficient (Wildman–Crippen LogP) is 0.348. The molecular weight excluding hydrogens is 310 g/mol. The lowest BCUT2D eigenvalue weighted by Crippen LogP contribution is -2.28. The van der Waals surface area contributed by atoms with E-state index in [0.717, 1.165) is 4.31 Å². The largest absolute Gasteiger partial charge is 0.476 e. The Balaban J connectivity index is 3.18. The monoisotopic (exact) mass is 322 g/mol. The van der Waals surface area contributed by atoms with Crippen molar-refractivity contribution in [2.75, 3.05) is 24.0 Å². The molecule has 0 saturated heterocycles. The van der Waals surface area contributed by atoms with Gasteiger partial charge in [-0.2, -0.15) is 0 Å². The fourth-order valence-corrected chi connectivity index (χ4v) is 2.14. The molecule has 0 atom stereocenters. The number of hydrogen-bond donors (Lipinski definition) is 2. The van der Waals surface area contributed by atoms with E-state index < -0.39 is 10.9 Å². The normalized spacial score (nSPS) is 10.6. The van der Waals surface area contributed by atoms with Gasteiger partial charge in [0.2, 0.25) is 16.8 Å². The van der Waals surface area contributed by atoms with Gasteiger partial charge in [0.1, 0.15) is 5.69 Å². The number of anilines is 1. The number of thiol groups is 1. The first-order valence-electron chi connectivity index (χ1n) is 4.79. The lowest BCUT2D eigenvalue weighted by atomic mass is 10.4. The highest BCUT2D eigenvalue weighted by molar-refractivity contribution is 9.10. The zero-order valence-corrected chi connectivity index (χ0v) is 11.5. The second kappa shape index (κ2) is 6.77.